The summed E-state index contributed by atoms with van der Waals surface area (Å²) in [6.45, 7) is 15.9. The first kappa shape index (κ1) is 41.4. The van der Waals surface area contributed by atoms with E-state index in [4.69, 9.17) is 28.1 Å². The maximum absolute atomic E-state index is 13.1. The maximum Gasteiger partial charge on any atom is 0.410 e. The van der Waals surface area contributed by atoms with E-state index in [1.807, 2.05) is 45.9 Å². The molecule has 0 saturated carbocycles. The maximum atomic E-state index is 13.1. The minimum Gasteiger partial charge on any atom is -0.467 e. The van der Waals surface area contributed by atoms with Gasteiger partial charge < -0.3 is 37.9 Å². The first-order valence-corrected chi connectivity index (χ1v) is 17.1. The normalized spacial score (nSPS) is 34.9. The van der Waals surface area contributed by atoms with E-state index in [9.17, 15) is 19.2 Å². The minimum absolute atomic E-state index is 0. The number of ether oxygens (including phenoxy) is 5. The highest BCUT2D eigenvalue weighted by Gasteiger charge is 2.67. The lowest BCUT2D eigenvalue weighted by Crippen LogP contribution is -2.57. The van der Waals surface area contributed by atoms with Gasteiger partial charge in [0.1, 0.15) is 48.4 Å². The smallest absolute Gasteiger partial charge is 0.410 e. The molecule has 7 heterocycles. The van der Waals surface area contributed by atoms with Crippen LogP contribution in [0.15, 0.2) is 71.4 Å². The van der Waals surface area contributed by atoms with Crippen molar-refractivity contribution in [1.29, 1.82) is 0 Å². The molecule has 14 nitrogen and oxygen atoms in total. The summed E-state index contributed by atoms with van der Waals surface area (Å²) in [7, 11) is 5.00. The molecule has 4 fully saturated rings. The van der Waals surface area contributed by atoms with Crippen LogP contribution in [0.1, 0.15) is 54.4 Å². The van der Waals surface area contributed by atoms with E-state index >= 15 is 0 Å². The van der Waals surface area contributed by atoms with Crippen LogP contribution in [0.4, 0.5) is 9.59 Å². The molecule has 6 aliphatic rings. The molecule has 14 heteroatoms. The van der Waals surface area contributed by atoms with Crippen molar-refractivity contribution in [2.24, 2.45) is 11.8 Å². The fraction of sp³-hybridized carbons (Fsp3) is 0.590. The van der Waals surface area contributed by atoms with Gasteiger partial charge in [-0.15, -0.1) is 0 Å². The second-order valence-electron chi connectivity index (χ2n) is 14.4. The van der Waals surface area contributed by atoms with Crippen LogP contribution in [0.2, 0.25) is 0 Å². The molecule has 1 aromatic heterocycles. The third-order valence-electron chi connectivity index (χ3n) is 10.8. The van der Waals surface area contributed by atoms with Gasteiger partial charge in [0.2, 0.25) is 11.8 Å². The number of amides is 4. The van der Waals surface area contributed by atoms with Gasteiger partial charge in [0.15, 0.2) is 6.23 Å². The van der Waals surface area contributed by atoms with Crippen LogP contribution in [0.25, 0.3) is 0 Å². The Bertz CT molecular complexity index is 1640. The summed E-state index contributed by atoms with van der Waals surface area (Å²) in [4.78, 5) is 57.6. The van der Waals surface area contributed by atoms with E-state index in [0.717, 1.165) is 11.1 Å². The summed E-state index contributed by atoms with van der Waals surface area (Å²) in [6.07, 6.45) is 6.48. The summed E-state index contributed by atoms with van der Waals surface area (Å²) in [5, 5.41) is 0. The highest BCUT2D eigenvalue weighted by atomic mass is 16.6. The molecular weight excluding hydrogens is 684 g/mol. The molecule has 0 spiro atoms. The summed E-state index contributed by atoms with van der Waals surface area (Å²) in [5.74, 6) is -0.386. The molecule has 4 saturated heterocycles. The van der Waals surface area contributed by atoms with E-state index in [1.54, 1.807) is 53.1 Å². The van der Waals surface area contributed by atoms with Crippen LogP contribution in [-0.2, 0) is 33.3 Å². The lowest BCUT2D eigenvalue weighted by atomic mass is 9.82. The zero-order valence-electron chi connectivity index (χ0n) is 30.3. The average molecular weight is 741 g/mol. The Balaban J connectivity index is 0.000000230. The van der Waals surface area contributed by atoms with Gasteiger partial charge in [-0.1, -0.05) is 63.5 Å². The second-order valence-corrected chi connectivity index (χ2v) is 14.4. The fourth-order valence-corrected chi connectivity index (χ4v) is 9.10. The van der Waals surface area contributed by atoms with Crippen LogP contribution in [0.3, 0.4) is 0 Å². The van der Waals surface area contributed by atoms with E-state index in [2.05, 4.69) is 13.2 Å². The number of likely N-dealkylation sites (N-methyl/N-ethyl adjacent to an activating group) is 2. The number of furan rings is 1. The van der Waals surface area contributed by atoms with Crippen LogP contribution in [-0.4, -0.2) is 133 Å². The number of carbonyl (C=O) groups is 4. The van der Waals surface area contributed by atoms with Gasteiger partial charge in [0.25, 0.3) is 0 Å². The number of nitrogens with zero attached hydrogens (tertiary/aromatic N) is 4. The third-order valence-corrected chi connectivity index (χ3v) is 10.8. The summed E-state index contributed by atoms with van der Waals surface area (Å²) in [5.41, 5.74) is 0.504. The molecule has 6 aliphatic heterocycles. The zero-order chi connectivity index (χ0) is 37.0. The molecule has 292 valence electrons. The topological polar surface area (TPSA) is 141 Å². The van der Waals surface area contributed by atoms with E-state index in [0.29, 0.717) is 18.8 Å². The van der Waals surface area contributed by atoms with Crippen molar-refractivity contribution in [3.05, 3.63) is 72.8 Å². The summed E-state index contributed by atoms with van der Waals surface area (Å²) >= 11 is 0. The van der Waals surface area contributed by atoms with Crippen molar-refractivity contribution in [3.8, 4) is 0 Å². The SMILES string of the molecule is C.C.C=CCOC(=O)N1CC(C)=C[C@]2(C)O[C@H]3[C@H](C(=O)N(C)[C@@H]3OC)[C@H]12.C=CCOC(=O)N1CC(C)=C[C@]2(C)O[C@H]3[C@H](C(=O)N(C)[C@@H]3c3ccco3)[C@H]12. The summed E-state index contributed by atoms with van der Waals surface area (Å²) < 4.78 is 34.2. The van der Waals surface area contributed by atoms with Gasteiger partial charge in [-0.2, -0.15) is 0 Å². The molecule has 0 unspecified atom stereocenters. The predicted molar refractivity (Wildman–Crippen MR) is 196 cm³/mol. The lowest BCUT2D eigenvalue weighted by molar-refractivity contribution is -0.144. The van der Waals surface area contributed by atoms with Crippen molar-refractivity contribution in [3.63, 3.8) is 0 Å². The van der Waals surface area contributed by atoms with Crippen LogP contribution in [0.5, 0.6) is 0 Å². The highest BCUT2D eigenvalue weighted by molar-refractivity contribution is 5.86. The number of methoxy groups -OCH3 is 1. The zero-order valence-corrected chi connectivity index (χ0v) is 30.3. The minimum atomic E-state index is -0.757. The molecule has 0 aromatic carbocycles. The molecule has 10 atom stereocenters. The number of likely N-dealkylation sites (tertiary alicyclic amines) is 2. The second kappa shape index (κ2) is 15.5. The van der Waals surface area contributed by atoms with Crippen LogP contribution >= 0.6 is 0 Å². The molecule has 4 amide bonds. The molecular formula is C39H56N4O10. The lowest BCUT2D eigenvalue weighted by Gasteiger charge is -2.42. The standard InChI is InChI=1S/C20H24N2O5.C17H24N2O5.2CH4/c1-5-8-26-19(24)22-11-12(2)10-20(3)17(22)14-16(27-20)15(21(4)18(14)23)13-7-6-9-25-13;1-6-7-23-16(21)19-9-10(2)8-17(3)13(19)11-12(24-17)15(22-5)18(4)14(11)20;;/h5-7,9-10,14-17H,1,8,11H2,2-4H3;6,8,11-13,15H,1,7,9H2,2-5H3;2*1H4/t14-,15+,16-,17-,20-;11-,12-,13-,15+,17-;;/m00../s1. The van der Waals surface area contributed by atoms with Crippen molar-refractivity contribution in [2.75, 3.05) is 47.5 Å². The predicted octanol–water partition coefficient (Wildman–Crippen LogP) is 4.95. The van der Waals surface area contributed by atoms with E-state index in [1.165, 1.54) is 12.2 Å². The number of fused-ring (bicyclic) bond motifs is 6. The number of rotatable bonds is 6. The Kier molecular flexibility index (Phi) is 12.1. The molecule has 0 radical (unpaired) electrons. The van der Waals surface area contributed by atoms with Gasteiger partial charge in [0, 0.05) is 34.3 Å². The van der Waals surface area contributed by atoms with Gasteiger partial charge >= 0.3 is 12.2 Å². The number of hydrogen-bond acceptors (Lipinski definition) is 10. The number of hydrogen-bond donors (Lipinski definition) is 0. The van der Waals surface area contributed by atoms with Gasteiger partial charge in [0.05, 0.1) is 30.2 Å². The molecule has 0 aliphatic carbocycles. The molecule has 7 rings (SSSR count). The van der Waals surface area contributed by atoms with Crippen LogP contribution < -0.4 is 0 Å². The van der Waals surface area contributed by atoms with E-state index < -0.39 is 65.7 Å². The van der Waals surface area contributed by atoms with Gasteiger partial charge in [-0.05, 0) is 39.8 Å². The quantitative estimate of drug-likeness (QED) is 0.368. The van der Waals surface area contributed by atoms with E-state index in [-0.39, 0.29) is 45.9 Å². The Morgan fingerprint density at radius 3 is 1.77 bits per heavy atom. The first-order chi connectivity index (χ1) is 24.2. The molecule has 0 bridgehead atoms. The first-order valence-electron chi connectivity index (χ1n) is 17.1. The van der Waals surface area contributed by atoms with Gasteiger partial charge in [-0.25, -0.2) is 9.59 Å². The Morgan fingerprint density at radius 2 is 1.32 bits per heavy atom. The van der Waals surface area contributed by atoms with Crippen molar-refractivity contribution in [2.45, 2.75) is 90.3 Å². The molecule has 53 heavy (non-hydrogen) atoms. The van der Waals surface area contributed by atoms with Crippen LogP contribution in [0, 0.1) is 11.8 Å². The Hall–Kier alpha value is -4.40. The summed E-state index contributed by atoms with van der Waals surface area (Å²) in [6, 6.07) is 2.48. The van der Waals surface area contributed by atoms with Crippen molar-refractivity contribution < 1.29 is 47.3 Å². The molecule has 0 N–H and O–H groups in total. The molecule has 1 aromatic rings. The number of carbonyl (C=O) groups excluding carboxylic acids is 4. The highest BCUT2D eigenvalue weighted by Crippen LogP contribution is 2.53. The Morgan fingerprint density at radius 1 is 0.849 bits per heavy atom. The van der Waals surface area contributed by atoms with Gasteiger partial charge in [-0.3, -0.25) is 19.4 Å². The van der Waals surface area contributed by atoms with Crippen molar-refractivity contribution >= 4 is 24.0 Å². The third kappa shape index (κ3) is 6.81. The average Bonchev–Trinajstić information content (AvgIpc) is 3.86. The fourth-order valence-electron chi connectivity index (χ4n) is 9.10. The Labute approximate surface area is 312 Å². The monoisotopic (exact) mass is 740 g/mol. The largest absolute Gasteiger partial charge is 0.467 e. The van der Waals surface area contributed by atoms with Crippen molar-refractivity contribution in [1.82, 2.24) is 19.6 Å².